The predicted molar refractivity (Wildman–Crippen MR) is 133 cm³/mol. The number of nitrogens with zero attached hydrogens (tertiary/aromatic N) is 1. The van der Waals surface area contributed by atoms with Crippen molar-refractivity contribution in [2.24, 2.45) is 4.99 Å². The fourth-order valence-corrected chi connectivity index (χ4v) is 3.68. The maximum Gasteiger partial charge on any atom is 0.240 e. The summed E-state index contributed by atoms with van der Waals surface area (Å²) in [6.07, 6.45) is 0.725. The van der Waals surface area contributed by atoms with E-state index in [2.05, 4.69) is 20.3 Å². The van der Waals surface area contributed by atoms with E-state index >= 15 is 0 Å². The number of hydrogen-bond acceptors (Lipinski definition) is 4. The lowest BCUT2D eigenvalue weighted by atomic mass is 10.1. The zero-order valence-electron chi connectivity index (χ0n) is 17.2. The highest BCUT2D eigenvalue weighted by atomic mass is 127. The molecule has 0 aliphatic rings. The number of benzene rings is 2. The first-order chi connectivity index (χ1) is 13.9. The van der Waals surface area contributed by atoms with Gasteiger partial charge < -0.3 is 15.4 Å². The molecule has 0 amide bonds. The molecule has 2 aromatic rings. The highest BCUT2D eigenvalue weighted by Crippen LogP contribution is 2.22. The predicted octanol–water partition coefficient (Wildman–Crippen LogP) is 3.17. The highest BCUT2D eigenvalue weighted by molar-refractivity contribution is 14.0. The van der Waals surface area contributed by atoms with E-state index in [-0.39, 0.29) is 28.9 Å². The summed E-state index contributed by atoms with van der Waals surface area (Å²) in [5.41, 5.74) is 1.82. The van der Waals surface area contributed by atoms with Gasteiger partial charge in [0.25, 0.3) is 0 Å². The van der Waals surface area contributed by atoms with Crippen LogP contribution in [0.25, 0.3) is 0 Å². The summed E-state index contributed by atoms with van der Waals surface area (Å²) in [5, 5.41) is 7.12. The Morgan fingerprint density at radius 2 is 1.93 bits per heavy atom. The maximum atomic E-state index is 11.9. The van der Waals surface area contributed by atoms with E-state index < -0.39 is 10.0 Å². The third kappa shape index (κ3) is 7.93. The van der Waals surface area contributed by atoms with Crippen LogP contribution in [0.1, 0.15) is 18.1 Å². The number of guanidine groups is 1. The molecule has 10 heteroatoms. The fourth-order valence-electron chi connectivity index (χ4n) is 2.61. The molecule has 0 atom stereocenters. The monoisotopic (exact) mass is 566 g/mol. The van der Waals surface area contributed by atoms with Crippen molar-refractivity contribution in [1.29, 1.82) is 0 Å². The number of aliphatic imine (C=N–C) groups is 1. The number of sulfonamides is 1. The Hall–Kier alpha value is -1.56. The first-order valence-corrected chi connectivity index (χ1v) is 11.1. The lowest BCUT2D eigenvalue weighted by molar-refractivity contribution is 0.414. The Balaban J connectivity index is 0.00000450. The summed E-state index contributed by atoms with van der Waals surface area (Å²) in [6.45, 7) is 3.69. The number of halogens is 2. The van der Waals surface area contributed by atoms with Crippen molar-refractivity contribution in [3.63, 3.8) is 0 Å². The van der Waals surface area contributed by atoms with Crippen molar-refractivity contribution in [3.8, 4) is 5.75 Å². The molecule has 0 saturated carbocycles. The molecule has 30 heavy (non-hydrogen) atoms. The van der Waals surface area contributed by atoms with Crippen molar-refractivity contribution < 1.29 is 13.2 Å². The average Bonchev–Trinajstić information content (AvgIpc) is 2.73. The van der Waals surface area contributed by atoms with Crippen LogP contribution in [-0.2, 0) is 23.0 Å². The standard InChI is InChI=1S/C20H27ClN4O3S.HI/c1-4-23-20(24-11-10-16-8-9-17(28-3)13-19(16)21)25-14-15-6-5-7-18(12-15)29(26,27)22-2;/h5-9,12-13,22H,4,10-11,14H2,1-3H3,(H2,23,24,25);1H. The van der Waals surface area contributed by atoms with E-state index in [0.717, 1.165) is 23.3 Å². The van der Waals surface area contributed by atoms with Gasteiger partial charge in [0.1, 0.15) is 5.75 Å². The van der Waals surface area contributed by atoms with Gasteiger partial charge in [-0.1, -0.05) is 29.8 Å². The molecular formula is C20H28ClIN4O3S. The van der Waals surface area contributed by atoms with Crippen molar-refractivity contribution in [3.05, 3.63) is 58.6 Å². The molecule has 0 heterocycles. The lowest BCUT2D eigenvalue weighted by Gasteiger charge is -2.12. The summed E-state index contributed by atoms with van der Waals surface area (Å²) in [6, 6.07) is 12.4. The molecule has 0 bridgehead atoms. The molecule has 2 aromatic carbocycles. The van der Waals surface area contributed by atoms with Gasteiger partial charge in [0.05, 0.1) is 18.6 Å². The van der Waals surface area contributed by atoms with E-state index in [1.165, 1.54) is 7.05 Å². The van der Waals surface area contributed by atoms with Gasteiger partial charge in [-0.25, -0.2) is 18.1 Å². The van der Waals surface area contributed by atoms with Crippen LogP contribution in [0.5, 0.6) is 5.75 Å². The van der Waals surface area contributed by atoms with Gasteiger partial charge in [-0.15, -0.1) is 24.0 Å². The molecule has 0 fully saturated rings. The number of nitrogens with one attached hydrogen (secondary N) is 3. The number of rotatable bonds is 9. The van der Waals surface area contributed by atoms with E-state index in [1.807, 2.05) is 25.1 Å². The van der Waals surface area contributed by atoms with E-state index in [1.54, 1.807) is 31.4 Å². The number of ether oxygens (including phenoxy) is 1. The van der Waals surface area contributed by atoms with Crippen molar-refractivity contribution in [2.75, 3.05) is 27.2 Å². The van der Waals surface area contributed by atoms with Crippen LogP contribution in [0.2, 0.25) is 5.02 Å². The first-order valence-electron chi connectivity index (χ1n) is 9.26. The van der Waals surface area contributed by atoms with Crippen LogP contribution in [-0.4, -0.2) is 41.6 Å². The number of methoxy groups -OCH3 is 1. The summed E-state index contributed by atoms with van der Waals surface area (Å²) in [4.78, 5) is 4.76. The second-order valence-corrected chi connectivity index (χ2v) is 8.48. The second-order valence-electron chi connectivity index (χ2n) is 6.18. The van der Waals surface area contributed by atoms with Crippen LogP contribution >= 0.6 is 35.6 Å². The molecule has 0 aromatic heterocycles. The third-order valence-corrected chi connectivity index (χ3v) is 5.95. The van der Waals surface area contributed by atoms with Gasteiger partial charge in [-0.2, -0.15) is 0 Å². The first kappa shape index (κ1) is 26.5. The Morgan fingerprint density at radius 1 is 1.17 bits per heavy atom. The van der Waals surface area contributed by atoms with Crippen LogP contribution in [0.15, 0.2) is 52.4 Å². The molecule has 0 radical (unpaired) electrons. The smallest absolute Gasteiger partial charge is 0.240 e. The molecular weight excluding hydrogens is 539 g/mol. The van der Waals surface area contributed by atoms with E-state index in [0.29, 0.717) is 30.6 Å². The molecule has 166 valence electrons. The maximum absolute atomic E-state index is 11.9. The topological polar surface area (TPSA) is 91.8 Å². The SMILES string of the molecule is CCNC(=NCc1cccc(S(=O)(=O)NC)c1)NCCc1ccc(OC)cc1Cl.I. The Labute approximate surface area is 200 Å². The van der Waals surface area contributed by atoms with Gasteiger partial charge in [0, 0.05) is 18.1 Å². The lowest BCUT2D eigenvalue weighted by Crippen LogP contribution is -2.38. The quantitative estimate of drug-likeness (QED) is 0.246. The summed E-state index contributed by atoms with van der Waals surface area (Å²) < 4.78 is 31.4. The Kier molecular flexibility index (Phi) is 11.5. The van der Waals surface area contributed by atoms with Gasteiger partial charge in [0.15, 0.2) is 5.96 Å². The van der Waals surface area contributed by atoms with Gasteiger partial charge in [-0.3, -0.25) is 0 Å². The zero-order chi connectivity index (χ0) is 21.3. The molecule has 0 aliphatic heterocycles. The minimum atomic E-state index is -3.47. The molecule has 0 unspecified atom stereocenters. The largest absolute Gasteiger partial charge is 0.497 e. The average molecular weight is 567 g/mol. The van der Waals surface area contributed by atoms with E-state index in [4.69, 9.17) is 16.3 Å². The van der Waals surface area contributed by atoms with Crippen LogP contribution in [0.4, 0.5) is 0 Å². The summed E-state index contributed by atoms with van der Waals surface area (Å²) in [5.74, 6) is 1.38. The van der Waals surface area contributed by atoms with Gasteiger partial charge >= 0.3 is 0 Å². The molecule has 7 nitrogen and oxygen atoms in total. The zero-order valence-corrected chi connectivity index (χ0v) is 21.1. The van der Waals surface area contributed by atoms with Gasteiger partial charge in [0.2, 0.25) is 10.0 Å². The molecule has 3 N–H and O–H groups in total. The highest BCUT2D eigenvalue weighted by Gasteiger charge is 2.11. The van der Waals surface area contributed by atoms with Crippen molar-refractivity contribution in [2.45, 2.75) is 24.8 Å². The van der Waals surface area contributed by atoms with Crippen LogP contribution in [0, 0.1) is 0 Å². The molecule has 0 aliphatic carbocycles. The third-order valence-electron chi connectivity index (χ3n) is 4.19. The van der Waals surface area contributed by atoms with Crippen molar-refractivity contribution in [1.82, 2.24) is 15.4 Å². The van der Waals surface area contributed by atoms with E-state index in [9.17, 15) is 8.42 Å². The summed E-state index contributed by atoms with van der Waals surface area (Å²) >= 11 is 6.28. The fraction of sp³-hybridized carbons (Fsp3) is 0.350. The van der Waals surface area contributed by atoms with Crippen LogP contribution < -0.4 is 20.1 Å². The molecule has 2 rings (SSSR count). The number of hydrogen-bond donors (Lipinski definition) is 3. The Morgan fingerprint density at radius 3 is 2.57 bits per heavy atom. The van der Waals surface area contributed by atoms with Crippen molar-refractivity contribution >= 4 is 51.6 Å². The molecule has 0 saturated heterocycles. The normalized spacial score (nSPS) is 11.5. The van der Waals surface area contributed by atoms with Gasteiger partial charge in [-0.05, 0) is 55.8 Å². The molecule has 0 spiro atoms. The Bertz CT molecular complexity index is 955. The minimum absolute atomic E-state index is 0. The second kappa shape index (κ2) is 13.0. The van der Waals surface area contributed by atoms with Crippen LogP contribution in [0.3, 0.4) is 0 Å². The minimum Gasteiger partial charge on any atom is -0.497 e. The summed E-state index contributed by atoms with van der Waals surface area (Å²) in [7, 11) is -0.476.